The molecule has 1 amide bonds. The third kappa shape index (κ3) is 3.36. The number of anilines is 1. The van der Waals surface area contributed by atoms with Crippen LogP contribution in [0.5, 0.6) is 0 Å². The Balaban J connectivity index is 1.73. The molecular weight excluding hydrogens is 404 g/mol. The molecule has 0 aliphatic rings. The number of carbonyl (C=O) groups is 1. The molecule has 134 valence electrons. The first-order valence-electron chi connectivity index (χ1n) is 8.64. The van der Waals surface area contributed by atoms with Crippen molar-refractivity contribution in [3.8, 4) is 5.69 Å². The summed E-state index contributed by atoms with van der Waals surface area (Å²) in [4.78, 5) is 21.9. The van der Waals surface area contributed by atoms with Crippen molar-refractivity contribution in [2.24, 2.45) is 0 Å². The topological polar surface area (TPSA) is 59.8 Å². The van der Waals surface area contributed by atoms with Gasteiger partial charge >= 0.3 is 0 Å². The number of nitrogens with one attached hydrogen (secondary N) is 1. The van der Waals surface area contributed by atoms with Gasteiger partial charge in [0.25, 0.3) is 5.91 Å². The van der Waals surface area contributed by atoms with Crippen molar-refractivity contribution in [1.82, 2.24) is 14.5 Å². The van der Waals surface area contributed by atoms with Gasteiger partial charge in [0.2, 0.25) is 0 Å². The van der Waals surface area contributed by atoms with Crippen molar-refractivity contribution in [1.29, 1.82) is 0 Å². The van der Waals surface area contributed by atoms with Crippen LogP contribution in [-0.2, 0) is 6.42 Å². The van der Waals surface area contributed by atoms with Crippen molar-refractivity contribution in [2.75, 3.05) is 5.32 Å². The zero-order valence-corrected chi connectivity index (χ0v) is 16.3. The van der Waals surface area contributed by atoms with E-state index in [1.165, 1.54) is 0 Å². The van der Waals surface area contributed by atoms with Crippen molar-refractivity contribution < 1.29 is 4.79 Å². The zero-order chi connectivity index (χ0) is 18.8. The van der Waals surface area contributed by atoms with Crippen LogP contribution in [0.1, 0.15) is 23.1 Å². The Morgan fingerprint density at radius 2 is 2.00 bits per heavy atom. The monoisotopic (exact) mass is 420 g/mol. The molecule has 0 fully saturated rings. The Labute approximate surface area is 165 Å². The van der Waals surface area contributed by atoms with Gasteiger partial charge in [0, 0.05) is 34.9 Å². The quantitative estimate of drug-likeness (QED) is 0.505. The number of rotatable bonds is 4. The maximum Gasteiger partial charge on any atom is 0.257 e. The van der Waals surface area contributed by atoms with Gasteiger partial charge in [0.1, 0.15) is 5.82 Å². The molecule has 0 aliphatic heterocycles. The number of hydrogen-bond acceptors (Lipinski definition) is 3. The fourth-order valence-electron chi connectivity index (χ4n) is 3.12. The summed E-state index contributed by atoms with van der Waals surface area (Å²) in [5.41, 5.74) is 2.82. The van der Waals surface area contributed by atoms with Gasteiger partial charge in [-0.3, -0.25) is 9.78 Å². The average Bonchev–Trinajstić information content (AvgIpc) is 3.16. The number of halogens is 1. The highest BCUT2D eigenvalue weighted by Gasteiger charge is 2.15. The van der Waals surface area contributed by atoms with Crippen LogP contribution < -0.4 is 5.32 Å². The molecular formula is C21H17BrN4O. The lowest BCUT2D eigenvalue weighted by Gasteiger charge is -2.13. The molecule has 0 saturated heterocycles. The number of aromatic nitrogens is 3. The summed E-state index contributed by atoms with van der Waals surface area (Å²) in [6.45, 7) is 2.04. The Morgan fingerprint density at radius 1 is 1.15 bits per heavy atom. The van der Waals surface area contributed by atoms with Gasteiger partial charge < -0.3 is 9.88 Å². The molecule has 6 heteroatoms. The Bertz CT molecular complexity index is 1140. The first-order chi connectivity index (χ1) is 13.2. The number of para-hydroxylation sites is 2. The van der Waals surface area contributed by atoms with E-state index in [4.69, 9.17) is 0 Å². The molecule has 2 aromatic heterocycles. The lowest BCUT2D eigenvalue weighted by Crippen LogP contribution is -2.16. The van der Waals surface area contributed by atoms with Crippen molar-refractivity contribution >= 4 is 38.4 Å². The normalized spacial score (nSPS) is 10.9. The van der Waals surface area contributed by atoms with Crippen LogP contribution in [0.2, 0.25) is 0 Å². The molecule has 0 aliphatic carbocycles. The molecule has 0 bridgehead atoms. The summed E-state index contributed by atoms with van der Waals surface area (Å²) in [7, 11) is 0. The first-order valence-corrected chi connectivity index (χ1v) is 9.44. The van der Waals surface area contributed by atoms with E-state index in [1.54, 1.807) is 12.4 Å². The number of nitrogens with zero attached hydrogens (tertiary/aromatic N) is 3. The summed E-state index contributed by atoms with van der Waals surface area (Å²) in [6.07, 6.45) is 6.14. The van der Waals surface area contributed by atoms with Crippen LogP contribution in [0.15, 0.2) is 71.6 Å². The molecule has 0 atom stereocenters. The number of carbonyl (C=O) groups excluding carboxylic acids is 1. The fourth-order valence-corrected chi connectivity index (χ4v) is 3.46. The van der Waals surface area contributed by atoms with E-state index >= 15 is 0 Å². The molecule has 4 aromatic rings. The van der Waals surface area contributed by atoms with Gasteiger partial charge in [-0.05, 0) is 40.2 Å². The van der Waals surface area contributed by atoms with Crippen molar-refractivity contribution in [2.45, 2.75) is 13.3 Å². The van der Waals surface area contributed by atoms with Gasteiger partial charge in [-0.1, -0.05) is 31.2 Å². The minimum atomic E-state index is -0.182. The van der Waals surface area contributed by atoms with E-state index in [-0.39, 0.29) is 5.91 Å². The standard InChI is InChI=1S/C21H17BrN4O/c1-2-19-23-10-11-26(19)18-9-4-3-7-16(18)21(27)25-17-8-5-6-14-12-15(22)13-24-20(14)17/h3-13H,2H2,1H3,(H,25,27). The van der Waals surface area contributed by atoms with E-state index < -0.39 is 0 Å². The number of benzene rings is 2. The van der Waals surface area contributed by atoms with E-state index in [1.807, 2.05) is 66.2 Å². The third-order valence-electron chi connectivity index (χ3n) is 4.37. The molecule has 2 heterocycles. The predicted molar refractivity (Wildman–Crippen MR) is 110 cm³/mol. The lowest BCUT2D eigenvalue weighted by molar-refractivity contribution is 0.102. The fraction of sp³-hybridized carbons (Fsp3) is 0.0952. The van der Waals surface area contributed by atoms with Crippen LogP contribution in [0.25, 0.3) is 16.6 Å². The Kier molecular flexibility index (Phi) is 4.73. The number of hydrogen-bond donors (Lipinski definition) is 1. The highest BCUT2D eigenvalue weighted by molar-refractivity contribution is 9.10. The number of aryl methyl sites for hydroxylation is 1. The van der Waals surface area contributed by atoms with Crippen LogP contribution in [0, 0.1) is 0 Å². The van der Waals surface area contributed by atoms with Crippen LogP contribution in [0.3, 0.4) is 0 Å². The summed E-state index contributed by atoms with van der Waals surface area (Å²) in [5, 5.41) is 3.97. The lowest BCUT2D eigenvalue weighted by atomic mass is 10.1. The molecule has 2 aromatic carbocycles. The number of amides is 1. The number of pyridine rings is 1. The summed E-state index contributed by atoms with van der Waals surface area (Å²) >= 11 is 3.43. The van der Waals surface area contributed by atoms with Crippen LogP contribution in [0.4, 0.5) is 5.69 Å². The maximum atomic E-state index is 13.1. The molecule has 0 radical (unpaired) electrons. The molecule has 0 spiro atoms. The second-order valence-corrected chi connectivity index (χ2v) is 6.98. The smallest absolute Gasteiger partial charge is 0.257 e. The van der Waals surface area contributed by atoms with Crippen molar-refractivity contribution in [3.63, 3.8) is 0 Å². The van der Waals surface area contributed by atoms with E-state index in [0.717, 1.165) is 33.3 Å². The molecule has 5 nitrogen and oxygen atoms in total. The molecule has 1 N–H and O–H groups in total. The van der Waals surface area contributed by atoms with Gasteiger partial charge in [-0.15, -0.1) is 0 Å². The predicted octanol–water partition coefficient (Wildman–Crippen LogP) is 5.00. The largest absolute Gasteiger partial charge is 0.320 e. The Hall–Kier alpha value is -2.99. The van der Waals surface area contributed by atoms with E-state index in [2.05, 4.69) is 31.2 Å². The molecule has 4 rings (SSSR count). The summed E-state index contributed by atoms with van der Waals surface area (Å²) in [5.74, 6) is 0.727. The summed E-state index contributed by atoms with van der Waals surface area (Å²) < 4.78 is 2.85. The van der Waals surface area contributed by atoms with Gasteiger partial charge in [-0.2, -0.15) is 0 Å². The third-order valence-corrected chi connectivity index (χ3v) is 4.80. The van der Waals surface area contributed by atoms with Gasteiger partial charge in [0.05, 0.1) is 22.5 Å². The maximum absolute atomic E-state index is 13.1. The summed E-state index contributed by atoms with van der Waals surface area (Å²) in [6, 6.07) is 15.2. The SMILES string of the molecule is CCc1nccn1-c1ccccc1C(=O)Nc1cccc2cc(Br)cnc12. The second kappa shape index (κ2) is 7.32. The Morgan fingerprint density at radius 3 is 2.85 bits per heavy atom. The van der Waals surface area contributed by atoms with Crippen molar-refractivity contribution in [3.05, 3.63) is 83.0 Å². The molecule has 0 saturated carbocycles. The van der Waals surface area contributed by atoms with Crippen LogP contribution in [-0.4, -0.2) is 20.4 Å². The highest BCUT2D eigenvalue weighted by atomic mass is 79.9. The number of fused-ring (bicyclic) bond motifs is 1. The average molecular weight is 421 g/mol. The second-order valence-electron chi connectivity index (χ2n) is 6.07. The van der Waals surface area contributed by atoms with Crippen LogP contribution >= 0.6 is 15.9 Å². The van der Waals surface area contributed by atoms with E-state index in [0.29, 0.717) is 11.3 Å². The van der Waals surface area contributed by atoms with Gasteiger partial charge in [-0.25, -0.2) is 4.98 Å². The number of imidazole rings is 1. The van der Waals surface area contributed by atoms with Gasteiger partial charge in [0.15, 0.2) is 0 Å². The minimum Gasteiger partial charge on any atom is -0.320 e. The van der Waals surface area contributed by atoms with E-state index in [9.17, 15) is 4.79 Å². The zero-order valence-electron chi connectivity index (χ0n) is 14.7. The highest BCUT2D eigenvalue weighted by Crippen LogP contribution is 2.25. The molecule has 27 heavy (non-hydrogen) atoms. The molecule has 0 unspecified atom stereocenters. The first kappa shape index (κ1) is 17.4. The minimum absolute atomic E-state index is 0.182.